The first-order valence-electron chi connectivity index (χ1n) is 8.48. The Morgan fingerprint density at radius 2 is 1.93 bits per heavy atom. The Morgan fingerprint density at radius 1 is 1.07 bits per heavy atom. The first kappa shape index (κ1) is 18.1. The lowest BCUT2D eigenvalue weighted by molar-refractivity contribution is 0.251. The molecular formula is C21H19N3O3. The van der Waals surface area contributed by atoms with E-state index in [2.05, 4.69) is 16.7 Å². The molecule has 0 fully saturated rings. The molecule has 2 amide bonds. The van der Waals surface area contributed by atoms with Crippen LogP contribution in [0.2, 0.25) is 0 Å². The molecule has 2 N–H and O–H groups in total. The summed E-state index contributed by atoms with van der Waals surface area (Å²) in [7, 11) is 0. The Hall–Kier alpha value is -3.72. The molecule has 136 valence electrons. The second kappa shape index (κ2) is 9.11. The molecule has 6 nitrogen and oxygen atoms in total. The minimum Gasteiger partial charge on any atom is -0.489 e. The number of carbonyl (C=O) groups excluding carboxylic acids is 1. The van der Waals surface area contributed by atoms with Gasteiger partial charge in [-0.2, -0.15) is 5.26 Å². The van der Waals surface area contributed by atoms with Crippen molar-refractivity contribution in [3.05, 3.63) is 83.8 Å². The number of ether oxygens (including phenoxy) is 1. The van der Waals surface area contributed by atoms with Gasteiger partial charge in [-0.05, 0) is 47.5 Å². The minimum atomic E-state index is -0.308. The van der Waals surface area contributed by atoms with Crippen LogP contribution in [0.15, 0.2) is 71.3 Å². The number of amides is 2. The van der Waals surface area contributed by atoms with E-state index in [1.165, 1.54) is 0 Å². The monoisotopic (exact) mass is 361 g/mol. The highest BCUT2D eigenvalue weighted by Crippen LogP contribution is 2.16. The van der Waals surface area contributed by atoms with Gasteiger partial charge >= 0.3 is 6.03 Å². The van der Waals surface area contributed by atoms with Crippen LogP contribution >= 0.6 is 0 Å². The van der Waals surface area contributed by atoms with Crippen LogP contribution in [-0.2, 0) is 19.6 Å². The number of nitriles is 1. The van der Waals surface area contributed by atoms with Gasteiger partial charge in [0, 0.05) is 5.69 Å². The molecule has 0 saturated carbocycles. The molecule has 0 aliphatic rings. The molecule has 0 atom stereocenters. The van der Waals surface area contributed by atoms with Gasteiger partial charge in [0.2, 0.25) is 0 Å². The van der Waals surface area contributed by atoms with Crippen LogP contribution in [0.4, 0.5) is 10.5 Å². The number of nitrogens with zero attached hydrogens (tertiary/aromatic N) is 1. The van der Waals surface area contributed by atoms with Gasteiger partial charge in [-0.1, -0.05) is 24.3 Å². The van der Waals surface area contributed by atoms with E-state index < -0.39 is 0 Å². The molecule has 1 heterocycles. The molecule has 0 spiro atoms. The highest BCUT2D eigenvalue weighted by Gasteiger charge is 2.04. The van der Waals surface area contributed by atoms with Crippen LogP contribution in [0.3, 0.4) is 0 Å². The van der Waals surface area contributed by atoms with E-state index in [0.717, 1.165) is 16.9 Å². The molecule has 0 aliphatic carbocycles. The number of benzene rings is 2. The summed E-state index contributed by atoms with van der Waals surface area (Å²) in [4.78, 5) is 12.0. The van der Waals surface area contributed by atoms with Crippen molar-refractivity contribution in [1.29, 1.82) is 5.26 Å². The summed E-state index contributed by atoms with van der Waals surface area (Å²) in [6.45, 7) is 0.699. The summed E-state index contributed by atoms with van der Waals surface area (Å²) in [5.41, 5.74) is 2.56. The number of hydrogen-bond acceptors (Lipinski definition) is 4. The molecule has 0 unspecified atom stereocenters. The van der Waals surface area contributed by atoms with Gasteiger partial charge in [0.1, 0.15) is 18.1 Å². The number of furan rings is 1. The van der Waals surface area contributed by atoms with Gasteiger partial charge in [0.25, 0.3) is 0 Å². The normalized spacial score (nSPS) is 10.0. The largest absolute Gasteiger partial charge is 0.489 e. The van der Waals surface area contributed by atoms with E-state index in [0.29, 0.717) is 31.0 Å². The van der Waals surface area contributed by atoms with Gasteiger partial charge in [0.15, 0.2) is 0 Å². The van der Waals surface area contributed by atoms with Crippen molar-refractivity contribution in [3.8, 4) is 11.8 Å². The van der Waals surface area contributed by atoms with Gasteiger partial charge in [-0.25, -0.2) is 4.79 Å². The van der Waals surface area contributed by atoms with E-state index in [1.54, 1.807) is 18.4 Å². The van der Waals surface area contributed by atoms with Crippen molar-refractivity contribution in [1.82, 2.24) is 5.32 Å². The maximum atomic E-state index is 12.0. The van der Waals surface area contributed by atoms with Crippen molar-refractivity contribution < 1.29 is 13.9 Å². The molecule has 2 aromatic carbocycles. The Kier molecular flexibility index (Phi) is 6.10. The molecule has 0 radical (unpaired) electrons. The standard InChI is InChI=1S/C21H19N3O3/c22-11-10-16-6-8-19(9-7-16)27-15-17-3-1-4-18(13-17)24-21(25)23-14-20-5-2-12-26-20/h1-9,12-13H,10,14-15H2,(H2,23,24,25). The molecule has 3 aromatic rings. The van der Waals surface area contributed by atoms with Crippen molar-refractivity contribution in [2.45, 2.75) is 19.6 Å². The van der Waals surface area contributed by atoms with Crippen LogP contribution < -0.4 is 15.4 Å². The quantitative estimate of drug-likeness (QED) is 0.659. The van der Waals surface area contributed by atoms with Gasteiger partial charge < -0.3 is 19.8 Å². The van der Waals surface area contributed by atoms with E-state index in [4.69, 9.17) is 14.4 Å². The summed E-state index contributed by atoms with van der Waals surface area (Å²) in [6, 6.07) is 20.3. The first-order valence-corrected chi connectivity index (χ1v) is 8.48. The fraction of sp³-hybridized carbons (Fsp3) is 0.143. The number of hydrogen-bond donors (Lipinski definition) is 2. The van der Waals surface area contributed by atoms with Gasteiger partial charge in [-0.15, -0.1) is 0 Å². The number of rotatable bonds is 7. The predicted octanol–water partition coefficient (Wildman–Crippen LogP) is 4.25. The number of carbonyl (C=O) groups is 1. The number of nitrogens with one attached hydrogen (secondary N) is 2. The molecule has 0 saturated heterocycles. The fourth-order valence-corrected chi connectivity index (χ4v) is 2.46. The SMILES string of the molecule is N#CCc1ccc(OCc2cccc(NC(=O)NCc3ccco3)c2)cc1. The van der Waals surface area contributed by atoms with E-state index in [9.17, 15) is 4.79 Å². The third-order valence-electron chi connectivity index (χ3n) is 3.80. The molecule has 0 bridgehead atoms. The van der Waals surface area contributed by atoms with Crippen LogP contribution in [-0.4, -0.2) is 6.03 Å². The molecule has 0 aliphatic heterocycles. The smallest absolute Gasteiger partial charge is 0.319 e. The molecule has 27 heavy (non-hydrogen) atoms. The van der Waals surface area contributed by atoms with Crippen LogP contribution in [0.5, 0.6) is 5.75 Å². The maximum Gasteiger partial charge on any atom is 0.319 e. The van der Waals surface area contributed by atoms with Crippen LogP contribution in [0.1, 0.15) is 16.9 Å². The first-order chi connectivity index (χ1) is 13.2. The molecule has 3 rings (SSSR count). The Balaban J connectivity index is 1.50. The summed E-state index contributed by atoms with van der Waals surface area (Å²) in [6.07, 6.45) is 1.95. The van der Waals surface area contributed by atoms with Crippen LogP contribution in [0, 0.1) is 11.3 Å². The third-order valence-corrected chi connectivity index (χ3v) is 3.80. The van der Waals surface area contributed by atoms with Crippen molar-refractivity contribution in [3.63, 3.8) is 0 Å². The second-order valence-corrected chi connectivity index (χ2v) is 5.85. The highest BCUT2D eigenvalue weighted by molar-refractivity contribution is 5.89. The Bertz CT molecular complexity index is 913. The summed E-state index contributed by atoms with van der Waals surface area (Å²) in [5, 5.41) is 14.2. The zero-order valence-electron chi connectivity index (χ0n) is 14.6. The predicted molar refractivity (Wildman–Crippen MR) is 101 cm³/mol. The lowest BCUT2D eigenvalue weighted by Gasteiger charge is -2.10. The van der Waals surface area contributed by atoms with Crippen molar-refractivity contribution in [2.24, 2.45) is 0 Å². The zero-order chi connectivity index (χ0) is 18.9. The van der Waals surface area contributed by atoms with E-state index in [-0.39, 0.29) is 6.03 Å². The fourth-order valence-electron chi connectivity index (χ4n) is 2.46. The highest BCUT2D eigenvalue weighted by atomic mass is 16.5. The van der Waals surface area contributed by atoms with Crippen molar-refractivity contribution in [2.75, 3.05) is 5.32 Å². The Morgan fingerprint density at radius 3 is 2.67 bits per heavy atom. The zero-order valence-corrected chi connectivity index (χ0v) is 14.6. The minimum absolute atomic E-state index is 0.308. The maximum absolute atomic E-state index is 12.0. The lowest BCUT2D eigenvalue weighted by atomic mass is 10.1. The summed E-state index contributed by atoms with van der Waals surface area (Å²) < 4.78 is 10.9. The van der Waals surface area contributed by atoms with Crippen LogP contribution in [0.25, 0.3) is 0 Å². The van der Waals surface area contributed by atoms with Gasteiger partial charge in [0.05, 0.1) is 25.3 Å². The Labute approximate surface area is 157 Å². The van der Waals surface area contributed by atoms with Crippen molar-refractivity contribution >= 4 is 11.7 Å². The lowest BCUT2D eigenvalue weighted by Crippen LogP contribution is -2.28. The average molecular weight is 361 g/mol. The third kappa shape index (κ3) is 5.65. The molecule has 1 aromatic heterocycles. The number of anilines is 1. The topological polar surface area (TPSA) is 87.3 Å². The van der Waals surface area contributed by atoms with E-state index >= 15 is 0 Å². The molecule has 6 heteroatoms. The van der Waals surface area contributed by atoms with Gasteiger partial charge in [-0.3, -0.25) is 0 Å². The summed E-state index contributed by atoms with van der Waals surface area (Å²) in [5.74, 6) is 1.42. The second-order valence-electron chi connectivity index (χ2n) is 5.85. The van der Waals surface area contributed by atoms with E-state index in [1.807, 2.05) is 48.5 Å². The number of urea groups is 1. The average Bonchev–Trinajstić information content (AvgIpc) is 3.20. The summed E-state index contributed by atoms with van der Waals surface area (Å²) >= 11 is 0. The molecular weight excluding hydrogens is 342 g/mol.